The molecule has 0 saturated carbocycles. The monoisotopic (exact) mass is 241 g/mol. The zero-order valence-corrected chi connectivity index (χ0v) is 10.7. The highest BCUT2D eigenvalue weighted by Gasteiger charge is 2.05. The van der Waals surface area contributed by atoms with Crippen LogP contribution in [0.5, 0.6) is 5.75 Å². The maximum Gasteiger partial charge on any atom is 0.127 e. The van der Waals surface area contributed by atoms with Crippen molar-refractivity contribution < 1.29 is 4.74 Å². The summed E-state index contributed by atoms with van der Waals surface area (Å²) in [6.45, 7) is 2.65. The molecule has 0 heterocycles. The van der Waals surface area contributed by atoms with Gasteiger partial charge in [0.05, 0.1) is 6.61 Å². The third-order valence-electron chi connectivity index (χ3n) is 2.80. The molecule has 1 unspecified atom stereocenters. The van der Waals surface area contributed by atoms with Gasteiger partial charge < -0.3 is 10.5 Å². The predicted octanol–water partition coefficient (Wildman–Crippen LogP) is 3.47. The summed E-state index contributed by atoms with van der Waals surface area (Å²) in [4.78, 5) is 0. The van der Waals surface area contributed by atoms with E-state index in [9.17, 15) is 0 Å². The van der Waals surface area contributed by atoms with Gasteiger partial charge >= 0.3 is 0 Å². The van der Waals surface area contributed by atoms with Crippen molar-refractivity contribution in [2.75, 3.05) is 6.61 Å². The zero-order valence-electron chi connectivity index (χ0n) is 10.7. The van der Waals surface area contributed by atoms with Crippen LogP contribution in [0.2, 0.25) is 0 Å². The summed E-state index contributed by atoms with van der Waals surface area (Å²) in [6, 6.07) is 18.6. The first-order chi connectivity index (χ1) is 8.77. The lowest BCUT2D eigenvalue weighted by atomic mass is 10.1. The molecule has 0 aliphatic heterocycles. The Hall–Kier alpha value is -1.80. The molecular weight excluding hydrogens is 222 g/mol. The number of benzene rings is 2. The van der Waals surface area contributed by atoms with Crippen LogP contribution in [-0.4, -0.2) is 12.6 Å². The topological polar surface area (TPSA) is 35.2 Å². The maximum absolute atomic E-state index is 5.82. The fraction of sp³-hybridized carbons (Fsp3) is 0.250. The molecule has 0 spiro atoms. The van der Waals surface area contributed by atoms with Crippen LogP contribution in [-0.2, 0) is 0 Å². The van der Waals surface area contributed by atoms with Crippen LogP contribution >= 0.6 is 0 Å². The fourth-order valence-corrected chi connectivity index (χ4v) is 1.80. The van der Waals surface area contributed by atoms with E-state index < -0.39 is 0 Å². The molecule has 0 aliphatic carbocycles. The minimum atomic E-state index is 0.175. The van der Waals surface area contributed by atoms with Crippen molar-refractivity contribution in [1.82, 2.24) is 0 Å². The van der Waals surface area contributed by atoms with Crippen LogP contribution in [0.4, 0.5) is 0 Å². The summed E-state index contributed by atoms with van der Waals surface area (Å²) in [5.41, 5.74) is 8.03. The molecule has 2 N–H and O–H groups in total. The zero-order chi connectivity index (χ0) is 12.8. The Morgan fingerprint density at radius 1 is 1.00 bits per heavy atom. The van der Waals surface area contributed by atoms with E-state index in [1.165, 1.54) is 5.56 Å². The standard InChI is InChI=1S/C16H19NO/c1-13(17)11-12-18-16-10-6-5-9-15(16)14-7-3-2-4-8-14/h2-10,13H,11-12,17H2,1H3. The first-order valence-electron chi connectivity index (χ1n) is 6.30. The molecule has 0 amide bonds. The van der Waals surface area contributed by atoms with Gasteiger partial charge in [-0.3, -0.25) is 0 Å². The molecule has 0 saturated heterocycles. The SMILES string of the molecule is CC(N)CCOc1ccccc1-c1ccccc1. The Kier molecular flexibility index (Phi) is 4.37. The van der Waals surface area contributed by atoms with Gasteiger partial charge in [-0.05, 0) is 25.0 Å². The third-order valence-corrected chi connectivity index (χ3v) is 2.80. The van der Waals surface area contributed by atoms with Crippen LogP contribution in [0, 0.1) is 0 Å². The first-order valence-corrected chi connectivity index (χ1v) is 6.30. The maximum atomic E-state index is 5.82. The number of nitrogens with two attached hydrogens (primary N) is 1. The lowest BCUT2D eigenvalue weighted by Gasteiger charge is -2.12. The van der Waals surface area contributed by atoms with Crippen molar-refractivity contribution >= 4 is 0 Å². The summed E-state index contributed by atoms with van der Waals surface area (Å²) < 4.78 is 5.82. The van der Waals surface area contributed by atoms with Crippen molar-refractivity contribution in [2.24, 2.45) is 5.73 Å². The summed E-state index contributed by atoms with van der Waals surface area (Å²) in [6.07, 6.45) is 0.864. The van der Waals surface area contributed by atoms with Crippen LogP contribution in [0.1, 0.15) is 13.3 Å². The normalized spacial score (nSPS) is 12.1. The van der Waals surface area contributed by atoms with E-state index >= 15 is 0 Å². The number of rotatable bonds is 5. The van der Waals surface area contributed by atoms with E-state index in [0.717, 1.165) is 17.7 Å². The van der Waals surface area contributed by atoms with Gasteiger partial charge in [0.15, 0.2) is 0 Å². The molecule has 0 radical (unpaired) electrons. The average Bonchev–Trinajstić information content (AvgIpc) is 2.40. The van der Waals surface area contributed by atoms with E-state index in [0.29, 0.717) is 6.61 Å². The molecule has 2 nitrogen and oxygen atoms in total. The molecule has 0 aromatic heterocycles. The minimum Gasteiger partial charge on any atom is -0.493 e. The van der Waals surface area contributed by atoms with Gasteiger partial charge in [-0.15, -0.1) is 0 Å². The summed E-state index contributed by atoms with van der Waals surface area (Å²) in [5.74, 6) is 0.921. The van der Waals surface area contributed by atoms with E-state index in [1.54, 1.807) is 0 Å². The molecule has 2 aromatic carbocycles. The highest BCUT2D eigenvalue weighted by molar-refractivity contribution is 5.70. The van der Waals surface area contributed by atoms with Gasteiger partial charge in [-0.25, -0.2) is 0 Å². The first kappa shape index (κ1) is 12.7. The van der Waals surface area contributed by atoms with E-state index in [2.05, 4.69) is 18.2 Å². The fourth-order valence-electron chi connectivity index (χ4n) is 1.80. The summed E-state index contributed by atoms with van der Waals surface area (Å²) >= 11 is 0. The van der Waals surface area contributed by atoms with E-state index in [-0.39, 0.29) is 6.04 Å². The largest absolute Gasteiger partial charge is 0.493 e. The van der Waals surface area contributed by atoms with Gasteiger partial charge in [0.1, 0.15) is 5.75 Å². The molecule has 0 aliphatic rings. The Balaban J connectivity index is 2.16. The molecule has 94 valence electrons. The summed E-state index contributed by atoms with van der Waals surface area (Å²) in [5, 5.41) is 0. The molecule has 2 aromatic rings. The third kappa shape index (κ3) is 3.34. The second-order valence-corrected chi connectivity index (χ2v) is 4.48. The minimum absolute atomic E-state index is 0.175. The van der Waals surface area contributed by atoms with Crippen molar-refractivity contribution in [3.8, 4) is 16.9 Å². The number of ether oxygens (including phenoxy) is 1. The number of hydrogen-bond acceptors (Lipinski definition) is 2. The second-order valence-electron chi connectivity index (χ2n) is 4.48. The quantitative estimate of drug-likeness (QED) is 0.870. The molecule has 2 rings (SSSR count). The molecular formula is C16H19NO. The summed E-state index contributed by atoms with van der Waals surface area (Å²) in [7, 11) is 0. The van der Waals surface area contributed by atoms with E-state index in [4.69, 9.17) is 10.5 Å². The van der Waals surface area contributed by atoms with Gasteiger partial charge in [-0.1, -0.05) is 48.5 Å². The second kappa shape index (κ2) is 6.22. The van der Waals surface area contributed by atoms with Crippen molar-refractivity contribution in [3.05, 3.63) is 54.6 Å². The Morgan fingerprint density at radius 3 is 2.39 bits per heavy atom. The van der Waals surface area contributed by atoms with Gasteiger partial charge in [0.25, 0.3) is 0 Å². The molecule has 2 heteroatoms. The van der Waals surface area contributed by atoms with Crippen LogP contribution < -0.4 is 10.5 Å². The Labute approximate surface area is 108 Å². The highest BCUT2D eigenvalue weighted by Crippen LogP contribution is 2.29. The molecule has 1 atom stereocenters. The van der Waals surface area contributed by atoms with Crippen LogP contribution in [0.3, 0.4) is 0 Å². The van der Waals surface area contributed by atoms with Crippen molar-refractivity contribution in [3.63, 3.8) is 0 Å². The Bertz CT molecular complexity index is 479. The van der Waals surface area contributed by atoms with Gasteiger partial charge in [-0.2, -0.15) is 0 Å². The highest BCUT2D eigenvalue weighted by atomic mass is 16.5. The van der Waals surface area contributed by atoms with Crippen LogP contribution in [0.15, 0.2) is 54.6 Å². The van der Waals surface area contributed by atoms with Crippen molar-refractivity contribution in [1.29, 1.82) is 0 Å². The Morgan fingerprint density at radius 2 is 1.67 bits per heavy atom. The molecule has 18 heavy (non-hydrogen) atoms. The molecule has 0 fully saturated rings. The smallest absolute Gasteiger partial charge is 0.127 e. The van der Waals surface area contributed by atoms with Gasteiger partial charge in [0, 0.05) is 11.6 Å². The van der Waals surface area contributed by atoms with Crippen molar-refractivity contribution in [2.45, 2.75) is 19.4 Å². The number of hydrogen-bond donors (Lipinski definition) is 1. The predicted molar refractivity (Wildman–Crippen MR) is 75.6 cm³/mol. The van der Waals surface area contributed by atoms with Gasteiger partial charge in [0.2, 0.25) is 0 Å². The lowest BCUT2D eigenvalue weighted by Crippen LogP contribution is -2.18. The average molecular weight is 241 g/mol. The van der Waals surface area contributed by atoms with Crippen LogP contribution in [0.25, 0.3) is 11.1 Å². The molecule has 0 bridgehead atoms. The lowest BCUT2D eigenvalue weighted by molar-refractivity contribution is 0.302. The van der Waals surface area contributed by atoms with E-state index in [1.807, 2.05) is 43.3 Å². The number of para-hydroxylation sites is 1.